The molecule has 1 aliphatic carbocycles. The van der Waals surface area contributed by atoms with Gasteiger partial charge in [-0.2, -0.15) is 0 Å². The second-order valence-electron chi connectivity index (χ2n) is 4.25. The van der Waals surface area contributed by atoms with Gasteiger partial charge in [0.15, 0.2) is 0 Å². The molecule has 0 heterocycles. The fraction of sp³-hybridized carbons (Fsp3) is 0.188. The second-order valence-corrected chi connectivity index (χ2v) is 4.25. The molecular weight excluding hydrogens is 240 g/mol. The van der Waals surface area contributed by atoms with E-state index in [1.807, 2.05) is 24.3 Å². The van der Waals surface area contributed by atoms with Crippen LogP contribution in [0.15, 0.2) is 48.6 Å². The van der Waals surface area contributed by atoms with Gasteiger partial charge in [0.2, 0.25) is 0 Å². The number of benzene rings is 1. The van der Waals surface area contributed by atoms with Gasteiger partial charge in [0.1, 0.15) is 11.3 Å². The van der Waals surface area contributed by atoms with E-state index in [9.17, 15) is 9.90 Å². The van der Waals surface area contributed by atoms with Gasteiger partial charge in [-0.05, 0) is 36.1 Å². The first-order valence-corrected chi connectivity index (χ1v) is 6.17. The highest BCUT2D eigenvalue weighted by Crippen LogP contribution is 2.25. The number of carboxylic acids is 1. The van der Waals surface area contributed by atoms with Crippen LogP contribution in [0.4, 0.5) is 0 Å². The summed E-state index contributed by atoms with van der Waals surface area (Å²) in [6.45, 7) is 0. The highest BCUT2D eigenvalue weighted by molar-refractivity contribution is 5.92. The van der Waals surface area contributed by atoms with Gasteiger partial charge in [0, 0.05) is 0 Å². The number of carbonyl (C=O) groups is 1. The quantitative estimate of drug-likeness (QED) is 0.897. The minimum atomic E-state index is -0.982. The predicted octanol–water partition coefficient (Wildman–Crippen LogP) is 3.68. The van der Waals surface area contributed by atoms with Crippen LogP contribution in [0.3, 0.4) is 0 Å². The molecule has 0 spiro atoms. The highest BCUT2D eigenvalue weighted by atomic mass is 16.5. The van der Waals surface area contributed by atoms with Crippen molar-refractivity contribution in [2.75, 3.05) is 7.11 Å². The number of ether oxygens (including phenoxy) is 1. The minimum absolute atomic E-state index is 0.181. The largest absolute Gasteiger partial charge is 0.496 e. The van der Waals surface area contributed by atoms with Gasteiger partial charge >= 0.3 is 5.97 Å². The van der Waals surface area contributed by atoms with Crippen molar-refractivity contribution in [3.63, 3.8) is 0 Å². The molecule has 1 aromatic rings. The van der Waals surface area contributed by atoms with Crippen LogP contribution >= 0.6 is 0 Å². The van der Waals surface area contributed by atoms with Gasteiger partial charge in [-0.1, -0.05) is 36.4 Å². The number of allylic oxidation sites excluding steroid dienone is 6. The van der Waals surface area contributed by atoms with E-state index in [-0.39, 0.29) is 5.56 Å². The van der Waals surface area contributed by atoms with Gasteiger partial charge in [0.25, 0.3) is 0 Å². The van der Waals surface area contributed by atoms with Crippen molar-refractivity contribution in [3.05, 3.63) is 59.7 Å². The van der Waals surface area contributed by atoms with Crippen LogP contribution in [0.5, 0.6) is 5.75 Å². The van der Waals surface area contributed by atoms with Crippen LogP contribution in [-0.4, -0.2) is 18.2 Å². The molecule has 19 heavy (non-hydrogen) atoms. The van der Waals surface area contributed by atoms with E-state index in [0.29, 0.717) is 5.75 Å². The fourth-order valence-electron chi connectivity index (χ4n) is 1.97. The van der Waals surface area contributed by atoms with E-state index < -0.39 is 5.97 Å². The van der Waals surface area contributed by atoms with Gasteiger partial charge in [-0.3, -0.25) is 0 Å². The monoisotopic (exact) mass is 256 g/mol. The number of rotatable bonds is 3. The molecule has 1 N–H and O–H groups in total. The van der Waals surface area contributed by atoms with Crippen LogP contribution < -0.4 is 4.74 Å². The molecule has 1 aromatic carbocycles. The number of methoxy groups -OCH3 is 1. The number of aromatic carboxylic acids is 1. The Kier molecular flexibility index (Phi) is 4.18. The Morgan fingerprint density at radius 3 is 2.79 bits per heavy atom. The Balaban J connectivity index is 2.45. The average molecular weight is 256 g/mol. The zero-order chi connectivity index (χ0) is 13.7. The van der Waals surface area contributed by atoms with Crippen molar-refractivity contribution < 1.29 is 14.6 Å². The summed E-state index contributed by atoms with van der Waals surface area (Å²) in [5.74, 6) is -0.605. The van der Waals surface area contributed by atoms with E-state index in [1.54, 1.807) is 12.1 Å². The summed E-state index contributed by atoms with van der Waals surface area (Å²) in [4.78, 5) is 11.2. The molecule has 2 rings (SSSR count). The third-order valence-electron chi connectivity index (χ3n) is 2.97. The van der Waals surface area contributed by atoms with E-state index in [1.165, 1.54) is 7.11 Å². The summed E-state index contributed by atoms with van der Waals surface area (Å²) >= 11 is 0. The molecule has 3 nitrogen and oxygen atoms in total. The van der Waals surface area contributed by atoms with Crippen molar-refractivity contribution in [1.29, 1.82) is 0 Å². The van der Waals surface area contributed by atoms with Crippen LogP contribution in [0.2, 0.25) is 0 Å². The normalized spacial score (nSPS) is 20.6. The maximum atomic E-state index is 11.2. The van der Waals surface area contributed by atoms with Gasteiger partial charge < -0.3 is 9.84 Å². The van der Waals surface area contributed by atoms with Gasteiger partial charge in [-0.15, -0.1) is 0 Å². The molecule has 0 radical (unpaired) electrons. The molecule has 0 unspecified atom stereocenters. The lowest BCUT2D eigenvalue weighted by Crippen LogP contribution is -2.01. The molecule has 0 aliphatic heterocycles. The molecule has 0 saturated heterocycles. The molecule has 3 heteroatoms. The van der Waals surface area contributed by atoms with Crippen LogP contribution in [0.25, 0.3) is 5.57 Å². The van der Waals surface area contributed by atoms with Crippen LogP contribution in [-0.2, 0) is 0 Å². The standard InChI is InChI=1S/C16H16O3/c1-19-15-10-9-13(11-14(15)16(17)18)12-7-5-3-2-4-6-8-12/h3,5-11H,2,4H2,1H3,(H,17,18)/b5-3-,8-6-,12-7+. The van der Waals surface area contributed by atoms with Crippen molar-refractivity contribution in [2.45, 2.75) is 12.8 Å². The Morgan fingerprint density at radius 1 is 1.26 bits per heavy atom. The molecule has 1 aliphatic rings. The summed E-state index contributed by atoms with van der Waals surface area (Å²) in [6.07, 6.45) is 12.2. The molecule has 0 fully saturated rings. The zero-order valence-corrected chi connectivity index (χ0v) is 10.8. The molecular formula is C16H16O3. The maximum absolute atomic E-state index is 11.2. The third-order valence-corrected chi connectivity index (χ3v) is 2.97. The highest BCUT2D eigenvalue weighted by Gasteiger charge is 2.12. The van der Waals surface area contributed by atoms with Crippen molar-refractivity contribution in [2.24, 2.45) is 0 Å². The fourth-order valence-corrected chi connectivity index (χ4v) is 1.97. The molecule has 0 aromatic heterocycles. The molecule has 0 atom stereocenters. The molecule has 0 saturated carbocycles. The lowest BCUT2D eigenvalue weighted by molar-refractivity contribution is 0.0693. The summed E-state index contributed by atoms with van der Waals surface area (Å²) in [5, 5.41) is 9.19. The van der Waals surface area contributed by atoms with Gasteiger partial charge in [0.05, 0.1) is 7.11 Å². The van der Waals surface area contributed by atoms with E-state index in [2.05, 4.69) is 12.2 Å². The van der Waals surface area contributed by atoms with Crippen LogP contribution in [0, 0.1) is 0 Å². The summed E-state index contributed by atoms with van der Waals surface area (Å²) in [7, 11) is 1.47. The Morgan fingerprint density at radius 2 is 2.05 bits per heavy atom. The first-order valence-electron chi connectivity index (χ1n) is 6.17. The minimum Gasteiger partial charge on any atom is -0.496 e. The van der Waals surface area contributed by atoms with E-state index in [0.717, 1.165) is 24.0 Å². The first kappa shape index (κ1) is 13.1. The first-order chi connectivity index (χ1) is 9.22. The summed E-state index contributed by atoms with van der Waals surface area (Å²) < 4.78 is 5.06. The van der Waals surface area contributed by atoms with E-state index in [4.69, 9.17) is 4.74 Å². The Labute approximate surface area is 112 Å². The SMILES string of the molecule is COc1ccc(C2=C/C=C\CC/C=C\2)cc1C(=O)O. The lowest BCUT2D eigenvalue weighted by Gasteiger charge is -2.09. The van der Waals surface area contributed by atoms with Crippen molar-refractivity contribution in [1.82, 2.24) is 0 Å². The summed E-state index contributed by atoms with van der Waals surface area (Å²) in [5.41, 5.74) is 2.06. The average Bonchev–Trinajstić information content (AvgIpc) is 2.37. The Hall–Kier alpha value is -2.29. The predicted molar refractivity (Wildman–Crippen MR) is 75.4 cm³/mol. The maximum Gasteiger partial charge on any atom is 0.339 e. The van der Waals surface area contributed by atoms with Gasteiger partial charge in [-0.25, -0.2) is 4.79 Å². The number of hydrogen-bond donors (Lipinski definition) is 1. The third kappa shape index (κ3) is 3.13. The lowest BCUT2D eigenvalue weighted by atomic mass is 10.00. The molecule has 0 bridgehead atoms. The number of hydrogen-bond acceptors (Lipinski definition) is 2. The smallest absolute Gasteiger partial charge is 0.339 e. The Bertz CT molecular complexity index is 565. The number of carboxylic acid groups (broad SMARTS) is 1. The van der Waals surface area contributed by atoms with Crippen molar-refractivity contribution >= 4 is 11.5 Å². The van der Waals surface area contributed by atoms with Crippen LogP contribution in [0.1, 0.15) is 28.8 Å². The van der Waals surface area contributed by atoms with Crippen molar-refractivity contribution in [3.8, 4) is 5.75 Å². The second kappa shape index (κ2) is 6.05. The molecule has 98 valence electrons. The zero-order valence-electron chi connectivity index (χ0n) is 10.8. The topological polar surface area (TPSA) is 46.5 Å². The molecule has 0 amide bonds. The van der Waals surface area contributed by atoms with E-state index >= 15 is 0 Å². The summed E-state index contributed by atoms with van der Waals surface area (Å²) in [6, 6.07) is 5.21.